The zero-order chi connectivity index (χ0) is 27.3. The molecule has 0 saturated heterocycles. The molecule has 0 saturated carbocycles. The number of ether oxygens (including phenoxy) is 5. The second-order valence-corrected chi connectivity index (χ2v) is 7.93. The lowest BCUT2D eigenvalue weighted by Gasteiger charge is -2.11. The van der Waals surface area contributed by atoms with Crippen molar-refractivity contribution in [2.75, 3.05) is 20.8 Å². The monoisotopic (exact) mass is 536 g/mol. The highest BCUT2D eigenvalue weighted by molar-refractivity contribution is 5.45. The highest BCUT2D eigenvalue weighted by atomic mass is 19.1. The van der Waals surface area contributed by atoms with E-state index in [0.29, 0.717) is 41.4 Å². The molecule has 39 heavy (non-hydrogen) atoms. The summed E-state index contributed by atoms with van der Waals surface area (Å²) in [5.41, 5.74) is 2.34. The van der Waals surface area contributed by atoms with Crippen LogP contribution in [0.25, 0.3) is 0 Å². The molecule has 4 aromatic rings. The molecule has 0 aliphatic heterocycles. The molecule has 0 unspecified atom stereocenters. The SMILES string of the molecule is C.CCOc1cccc(Oc2ccc(CC)cc2OC)n1.CCc1ccc(Oc2cccc(F)n2)c(OC)c1. The molecule has 7 nitrogen and oxygen atoms in total. The summed E-state index contributed by atoms with van der Waals surface area (Å²) in [6, 6.07) is 21.4. The second kappa shape index (κ2) is 15.8. The average Bonchev–Trinajstić information content (AvgIpc) is 2.94. The molecule has 0 N–H and O–H groups in total. The van der Waals surface area contributed by atoms with Gasteiger partial charge in [0.05, 0.1) is 20.8 Å². The molecule has 0 bridgehead atoms. The standard InChI is InChI=1S/C16H19NO3.C14H14FNO2.CH4/c1-4-12-9-10-13(14(11-12)18-3)20-16-8-6-7-15(17-16)19-5-2;1-3-10-7-8-11(12(9-10)17-2)18-14-6-4-5-13(15)16-14;/h6-11H,4-5H2,1-3H3;4-9H,3H2,1-2H3;1H4. The van der Waals surface area contributed by atoms with E-state index < -0.39 is 5.95 Å². The number of hydrogen-bond donors (Lipinski definition) is 0. The molecule has 0 radical (unpaired) electrons. The van der Waals surface area contributed by atoms with Gasteiger partial charge in [0, 0.05) is 18.2 Å². The van der Waals surface area contributed by atoms with Crippen LogP contribution in [0.15, 0.2) is 72.8 Å². The first-order valence-corrected chi connectivity index (χ1v) is 12.4. The molecule has 2 heterocycles. The van der Waals surface area contributed by atoms with Gasteiger partial charge in [0.15, 0.2) is 23.0 Å². The van der Waals surface area contributed by atoms with Crippen molar-refractivity contribution in [2.24, 2.45) is 0 Å². The first-order chi connectivity index (χ1) is 18.5. The topological polar surface area (TPSA) is 71.9 Å². The summed E-state index contributed by atoms with van der Waals surface area (Å²) in [7, 11) is 3.20. The van der Waals surface area contributed by atoms with Crippen molar-refractivity contribution < 1.29 is 28.1 Å². The molecule has 208 valence electrons. The van der Waals surface area contributed by atoms with E-state index in [2.05, 4.69) is 23.8 Å². The van der Waals surface area contributed by atoms with Crippen LogP contribution >= 0.6 is 0 Å². The highest BCUT2D eigenvalue weighted by Crippen LogP contribution is 2.33. The Kier molecular flexibility index (Phi) is 12.5. The Labute approximate surface area is 230 Å². The molecular formula is C31H37FN2O5. The Bertz CT molecular complexity index is 1320. The minimum atomic E-state index is -0.573. The van der Waals surface area contributed by atoms with Gasteiger partial charge in [0.25, 0.3) is 0 Å². The van der Waals surface area contributed by atoms with Crippen molar-refractivity contribution in [1.82, 2.24) is 9.97 Å². The molecule has 2 aromatic heterocycles. The fourth-order valence-corrected chi connectivity index (χ4v) is 3.39. The first-order valence-electron chi connectivity index (χ1n) is 12.4. The van der Waals surface area contributed by atoms with Crippen molar-refractivity contribution >= 4 is 0 Å². The van der Waals surface area contributed by atoms with Crippen molar-refractivity contribution in [2.45, 2.75) is 41.0 Å². The predicted molar refractivity (Wildman–Crippen MR) is 151 cm³/mol. The van der Waals surface area contributed by atoms with Gasteiger partial charge in [-0.15, -0.1) is 0 Å². The van der Waals surface area contributed by atoms with Crippen LogP contribution in [0.1, 0.15) is 39.3 Å². The lowest BCUT2D eigenvalue weighted by molar-refractivity contribution is 0.319. The van der Waals surface area contributed by atoms with Crippen LogP contribution in [0.5, 0.6) is 40.6 Å². The van der Waals surface area contributed by atoms with Gasteiger partial charge in [0.1, 0.15) is 0 Å². The van der Waals surface area contributed by atoms with Gasteiger partial charge in [-0.3, -0.25) is 0 Å². The van der Waals surface area contributed by atoms with E-state index >= 15 is 0 Å². The van der Waals surface area contributed by atoms with Gasteiger partial charge >= 0.3 is 0 Å². The Balaban J connectivity index is 0.000000268. The smallest absolute Gasteiger partial charge is 0.222 e. The number of hydrogen-bond acceptors (Lipinski definition) is 7. The van der Waals surface area contributed by atoms with Crippen LogP contribution in [0.4, 0.5) is 4.39 Å². The molecule has 8 heteroatoms. The molecular weight excluding hydrogens is 499 g/mol. The lowest BCUT2D eigenvalue weighted by Crippen LogP contribution is -1.97. The Hall–Kier alpha value is -4.33. The number of halogens is 1. The quantitative estimate of drug-likeness (QED) is 0.190. The van der Waals surface area contributed by atoms with Gasteiger partial charge in [-0.05, 0) is 61.2 Å². The molecule has 0 aliphatic rings. The Morgan fingerprint density at radius 1 is 0.615 bits per heavy atom. The second-order valence-electron chi connectivity index (χ2n) is 7.93. The average molecular weight is 537 g/mol. The molecule has 0 atom stereocenters. The van der Waals surface area contributed by atoms with Crippen LogP contribution in [0.3, 0.4) is 0 Å². The number of aromatic nitrogens is 2. The van der Waals surface area contributed by atoms with Crippen LogP contribution < -0.4 is 23.7 Å². The summed E-state index contributed by atoms with van der Waals surface area (Å²) in [4.78, 5) is 7.92. The predicted octanol–water partition coefficient (Wildman–Crippen LogP) is 8.06. The summed E-state index contributed by atoms with van der Waals surface area (Å²) in [6.07, 6.45) is 1.86. The number of methoxy groups -OCH3 is 2. The van der Waals surface area contributed by atoms with E-state index in [9.17, 15) is 4.39 Å². The van der Waals surface area contributed by atoms with Crippen molar-refractivity contribution in [3.8, 4) is 40.6 Å². The number of benzene rings is 2. The molecule has 2 aromatic carbocycles. The van der Waals surface area contributed by atoms with E-state index in [1.807, 2.05) is 43.3 Å². The lowest BCUT2D eigenvalue weighted by atomic mass is 10.1. The van der Waals surface area contributed by atoms with E-state index in [1.165, 1.54) is 11.6 Å². The summed E-state index contributed by atoms with van der Waals surface area (Å²) < 4.78 is 40.2. The maximum atomic E-state index is 12.9. The number of rotatable bonds is 10. The minimum absolute atomic E-state index is 0. The summed E-state index contributed by atoms with van der Waals surface area (Å²) >= 11 is 0. The Morgan fingerprint density at radius 2 is 1.10 bits per heavy atom. The number of aryl methyl sites for hydroxylation is 2. The van der Waals surface area contributed by atoms with Crippen LogP contribution in [0, 0.1) is 5.95 Å². The third-order valence-corrected chi connectivity index (χ3v) is 5.38. The van der Waals surface area contributed by atoms with Crippen molar-refractivity contribution in [1.29, 1.82) is 0 Å². The number of pyridine rings is 2. The van der Waals surface area contributed by atoms with Crippen LogP contribution in [-0.4, -0.2) is 30.8 Å². The van der Waals surface area contributed by atoms with Gasteiger partial charge in [-0.2, -0.15) is 14.4 Å². The largest absolute Gasteiger partial charge is 0.493 e. The maximum Gasteiger partial charge on any atom is 0.222 e. The summed E-state index contributed by atoms with van der Waals surface area (Å²) in [6.45, 7) is 6.65. The molecule has 4 rings (SSSR count). The van der Waals surface area contributed by atoms with Crippen molar-refractivity contribution in [3.05, 3.63) is 89.9 Å². The highest BCUT2D eigenvalue weighted by Gasteiger charge is 2.09. The molecule has 0 fully saturated rings. The van der Waals surface area contributed by atoms with Crippen LogP contribution in [0.2, 0.25) is 0 Å². The fourth-order valence-electron chi connectivity index (χ4n) is 3.39. The van der Waals surface area contributed by atoms with Crippen molar-refractivity contribution in [3.63, 3.8) is 0 Å². The van der Waals surface area contributed by atoms with Gasteiger partial charge in [0.2, 0.25) is 23.6 Å². The maximum absolute atomic E-state index is 12.9. The van der Waals surface area contributed by atoms with Gasteiger partial charge in [-0.1, -0.05) is 45.5 Å². The molecule has 0 amide bonds. The van der Waals surface area contributed by atoms with Gasteiger partial charge < -0.3 is 23.7 Å². The van der Waals surface area contributed by atoms with Crippen LogP contribution in [-0.2, 0) is 12.8 Å². The Morgan fingerprint density at radius 3 is 1.56 bits per heavy atom. The normalized spacial score (nSPS) is 9.90. The third kappa shape index (κ3) is 9.17. The molecule has 0 spiro atoms. The number of nitrogens with zero attached hydrogens (tertiary/aromatic N) is 2. The fraction of sp³-hybridized carbons (Fsp3) is 0.290. The third-order valence-electron chi connectivity index (χ3n) is 5.38. The van der Waals surface area contributed by atoms with Gasteiger partial charge in [-0.25, -0.2) is 0 Å². The summed E-state index contributed by atoms with van der Waals surface area (Å²) in [5, 5.41) is 0. The minimum Gasteiger partial charge on any atom is -0.493 e. The zero-order valence-corrected chi connectivity index (χ0v) is 22.4. The zero-order valence-electron chi connectivity index (χ0n) is 22.4. The van der Waals surface area contributed by atoms with E-state index in [0.717, 1.165) is 18.4 Å². The molecule has 0 aliphatic carbocycles. The first kappa shape index (κ1) is 30.9. The van der Waals surface area contributed by atoms with E-state index in [1.54, 1.807) is 44.6 Å². The summed E-state index contributed by atoms with van der Waals surface area (Å²) in [5.74, 6) is 3.15. The van der Waals surface area contributed by atoms with E-state index in [-0.39, 0.29) is 13.3 Å². The van der Waals surface area contributed by atoms with E-state index in [4.69, 9.17) is 23.7 Å².